The van der Waals surface area contributed by atoms with E-state index in [9.17, 15) is 37.1 Å². The molecule has 2 aromatic rings. The smallest absolute Gasteiger partial charge is 0.405 e. The molecular formula is C34H42FN5O9S. The first kappa shape index (κ1) is 35.4. The SMILES string of the molecule is COc1ccc2c(OC3CC4C(=O)NC5(C(=O)NS(=O)(=O)C6(F)CC6)CC5C=CCCC(C)CC(C)C(NC(=O)O)C(=O)N4C3)nccc2c1. The van der Waals surface area contributed by atoms with Gasteiger partial charge in [-0.25, -0.2) is 27.3 Å². The lowest BCUT2D eigenvalue weighted by Crippen LogP contribution is -2.59. The van der Waals surface area contributed by atoms with Crippen molar-refractivity contribution in [3.05, 3.63) is 42.6 Å². The van der Waals surface area contributed by atoms with Crippen molar-refractivity contribution in [3.63, 3.8) is 0 Å². The maximum atomic E-state index is 14.7. The Labute approximate surface area is 289 Å². The number of benzene rings is 1. The first-order valence-corrected chi connectivity index (χ1v) is 18.3. The van der Waals surface area contributed by atoms with E-state index in [-0.39, 0.29) is 44.0 Å². The highest BCUT2D eigenvalue weighted by Gasteiger charge is 2.64. The van der Waals surface area contributed by atoms with Gasteiger partial charge in [0, 0.05) is 36.8 Å². The Bertz CT molecular complexity index is 1840. The molecule has 1 saturated heterocycles. The van der Waals surface area contributed by atoms with Crippen LogP contribution in [-0.4, -0.2) is 89.6 Å². The number of alkyl halides is 1. The molecule has 4 amide bonds. The van der Waals surface area contributed by atoms with Crippen molar-refractivity contribution in [1.29, 1.82) is 0 Å². The van der Waals surface area contributed by atoms with Gasteiger partial charge in [0.05, 0.1) is 13.7 Å². The molecule has 7 unspecified atom stereocenters. The van der Waals surface area contributed by atoms with Crippen LogP contribution in [0.2, 0.25) is 0 Å². The lowest BCUT2D eigenvalue weighted by Gasteiger charge is -2.32. The Morgan fingerprint density at radius 2 is 1.92 bits per heavy atom. The number of nitrogens with one attached hydrogen (secondary N) is 3. The molecule has 14 nitrogen and oxygen atoms in total. The third kappa shape index (κ3) is 6.94. The van der Waals surface area contributed by atoms with Gasteiger partial charge in [-0.05, 0) is 67.2 Å². The second-order valence-electron chi connectivity index (χ2n) is 14.0. The Morgan fingerprint density at radius 3 is 2.62 bits per heavy atom. The number of aromatic nitrogens is 1. The van der Waals surface area contributed by atoms with E-state index in [1.807, 2.05) is 23.8 Å². The highest BCUT2D eigenvalue weighted by Crippen LogP contribution is 2.48. The van der Waals surface area contributed by atoms with Crippen LogP contribution in [0.4, 0.5) is 9.18 Å². The molecule has 16 heteroatoms. The molecule has 7 atom stereocenters. The summed E-state index contributed by atoms with van der Waals surface area (Å²) in [4.78, 5) is 59.6. The Morgan fingerprint density at radius 1 is 1.16 bits per heavy atom. The van der Waals surface area contributed by atoms with Crippen LogP contribution in [0.5, 0.6) is 11.6 Å². The minimum Gasteiger partial charge on any atom is -0.497 e. The molecule has 2 aliphatic carbocycles. The zero-order valence-electron chi connectivity index (χ0n) is 28.1. The maximum Gasteiger partial charge on any atom is 0.405 e. The molecule has 0 radical (unpaired) electrons. The summed E-state index contributed by atoms with van der Waals surface area (Å²) >= 11 is 0. The number of carbonyl (C=O) groups excluding carboxylic acids is 3. The second-order valence-corrected chi connectivity index (χ2v) is 16.0. The van der Waals surface area contributed by atoms with Crippen molar-refractivity contribution < 1.29 is 46.6 Å². The Hall–Kier alpha value is -4.47. The fourth-order valence-electron chi connectivity index (χ4n) is 7.13. The summed E-state index contributed by atoms with van der Waals surface area (Å²) in [5.74, 6) is -2.50. The van der Waals surface area contributed by atoms with Gasteiger partial charge in [-0.2, -0.15) is 0 Å². The quantitative estimate of drug-likeness (QED) is 0.310. The van der Waals surface area contributed by atoms with Crippen LogP contribution < -0.4 is 24.8 Å². The first-order chi connectivity index (χ1) is 23.7. The minimum absolute atomic E-state index is 0.0412. The molecule has 4 aliphatic rings. The van der Waals surface area contributed by atoms with E-state index in [2.05, 4.69) is 15.6 Å². The number of carbonyl (C=O) groups is 4. The normalized spacial score (nSPS) is 30.9. The first-order valence-electron chi connectivity index (χ1n) is 16.8. The predicted molar refractivity (Wildman–Crippen MR) is 178 cm³/mol. The number of carboxylic acid groups (broad SMARTS) is 1. The number of methoxy groups -OCH3 is 1. The summed E-state index contributed by atoms with van der Waals surface area (Å²) in [6.07, 6.45) is 4.35. The van der Waals surface area contributed by atoms with E-state index in [1.54, 1.807) is 44.5 Å². The standard InChI is InChI=1S/C34H42FN5O9S/c1-19-6-4-5-7-22-17-34(22,31(43)39-50(46,47)33(35)11-12-33)38-28(41)26-16-24(18-40(26)30(42)27(20(2)14-19)37-32(44)45)49-29-25-9-8-23(48-3)15-21(25)10-13-36-29/h5,7-10,13,15,19-20,22,24,26-27,37H,4,6,11-12,14,16-18H2,1-3H3,(H,38,41)(H,39,43)(H,44,45). The fourth-order valence-corrected chi connectivity index (χ4v) is 8.38. The highest BCUT2D eigenvalue weighted by atomic mass is 32.2. The molecule has 2 saturated carbocycles. The monoisotopic (exact) mass is 715 g/mol. The lowest BCUT2D eigenvalue weighted by molar-refractivity contribution is -0.142. The van der Waals surface area contributed by atoms with Crippen molar-refractivity contribution in [2.24, 2.45) is 17.8 Å². The van der Waals surface area contributed by atoms with Gasteiger partial charge < -0.3 is 30.1 Å². The average molecular weight is 716 g/mol. The second kappa shape index (κ2) is 13.3. The van der Waals surface area contributed by atoms with Crippen LogP contribution in [0.1, 0.15) is 58.8 Å². The van der Waals surface area contributed by atoms with Crippen LogP contribution >= 0.6 is 0 Å². The van der Waals surface area contributed by atoms with Gasteiger partial charge in [0.1, 0.15) is 29.5 Å². The number of halogens is 1. The zero-order valence-corrected chi connectivity index (χ0v) is 28.9. The predicted octanol–water partition coefficient (Wildman–Crippen LogP) is 3.02. The molecule has 270 valence electrons. The minimum atomic E-state index is -4.66. The van der Waals surface area contributed by atoms with Gasteiger partial charge in [0.15, 0.2) is 0 Å². The van der Waals surface area contributed by atoms with E-state index >= 15 is 0 Å². The van der Waals surface area contributed by atoms with Crippen LogP contribution in [0, 0.1) is 17.8 Å². The van der Waals surface area contributed by atoms with Gasteiger partial charge >= 0.3 is 6.09 Å². The van der Waals surface area contributed by atoms with Crippen LogP contribution in [0.25, 0.3) is 10.8 Å². The molecule has 0 bridgehead atoms. The summed E-state index contributed by atoms with van der Waals surface area (Å²) < 4.78 is 53.5. The fraction of sp³-hybridized carbons (Fsp3) is 0.559. The van der Waals surface area contributed by atoms with Crippen molar-refractivity contribution in [2.75, 3.05) is 13.7 Å². The third-order valence-corrected chi connectivity index (χ3v) is 12.1. The van der Waals surface area contributed by atoms with Crippen LogP contribution in [0.15, 0.2) is 42.6 Å². The Kier molecular flexibility index (Phi) is 9.43. The third-order valence-electron chi connectivity index (χ3n) is 10.3. The largest absolute Gasteiger partial charge is 0.497 e. The Balaban J connectivity index is 1.33. The van der Waals surface area contributed by atoms with Crippen LogP contribution in [-0.2, 0) is 24.4 Å². The number of hydrogen-bond donors (Lipinski definition) is 4. The van der Waals surface area contributed by atoms with E-state index in [0.717, 1.165) is 5.39 Å². The van der Waals surface area contributed by atoms with Crippen molar-refractivity contribution >= 4 is 44.6 Å². The molecule has 0 spiro atoms. The molecule has 3 heterocycles. The number of nitrogens with zero attached hydrogens (tertiary/aromatic N) is 2. The molecular weight excluding hydrogens is 673 g/mol. The molecule has 2 aliphatic heterocycles. The van der Waals surface area contributed by atoms with E-state index in [1.165, 1.54) is 4.90 Å². The lowest BCUT2D eigenvalue weighted by atomic mass is 9.88. The van der Waals surface area contributed by atoms with Crippen molar-refractivity contribution in [1.82, 2.24) is 25.2 Å². The highest BCUT2D eigenvalue weighted by molar-refractivity contribution is 7.91. The number of amides is 4. The molecule has 4 N–H and O–H groups in total. The number of hydrogen-bond acceptors (Lipinski definition) is 9. The van der Waals surface area contributed by atoms with Gasteiger partial charge in [-0.3, -0.25) is 14.4 Å². The summed E-state index contributed by atoms with van der Waals surface area (Å²) in [6, 6.07) is 4.70. The molecule has 50 heavy (non-hydrogen) atoms. The van der Waals surface area contributed by atoms with Gasteiger partial charge in [0.25, 0.3) is 15.9 Å². The van der Waals surface area contributed by atoms with Gasteiger partial charge in [-0.1, -0.05) is 26.0 Å². The van der Waals surface area contributed by atoms with Gasteiger partial charge in [-0.15, -0.1) is 0 Å². The van der Waals surface area contributed by atoms with E-state index < -0.39 is 74.4 Å². The molecule has 1 aromatic heterocycles. The van der Waals surface area contributed by atoms with Crippen molar-refractivity contribution in [3.8, 4) is 11.6 Å². The summed E-state index contributed by atoms with van der Waals surface area (Å²) in [5, 5.41) is 13.7. The number of pyridine rings is 1. The molecule has 1 aromatic carbocycles. The number of allylic oxidation sites excluding steroid dienone is 1. The van der Waals surface area contributed by atoms with E-state index in [4.69, 9.17) is 9.47 Å². The average Bonchev–Trinajstić information content (AvgIpc) is 3.95. The topological polar surface area (TPSA) is 193 Å². The number of rotatable bonds is 7. The number of ether oxygens (including phenoxy) is 2. The maximum absolute atomic E-state index is 14.7. The summed E-state index contributed by atoms with van der Waals surface area (Å²) in [7, 11) is -3.11. The van der Waals surface area contributed by atoms with Crippen LogP contribution in [0.3, 0.4) is 0 Å². The van der Waals surface area contributed by atoms with E-state index in [0.29, 0.717) is 30.4 Å². The number of fused-ring (bicyclic) bond motifs is 3. The molecule has 3 fully saturated rings. The summed E-state index contributed by atoms with van der Waals surface area (Å²) in [5.41, 5.74) is -1.70. The van der Waals surface area contributed by atoms with Crippen molar-refractivity contribution in [2.45, 2.75) is 87.5 Å². The molecule has 6 rings (SSSR count). The van der Waals surface area contributed by atoms with Gasteiger partial charge in [0.2, 0.25) is 22.7 Å². The number of sulfonamides is 1. The summed E-state index contributed by atoms with van der Waals surface area (Å²) in [6.45, 7) is 3.67. The zero-order chi connectivity index (χ0) is 36.0.